The van der Waals surface area contributed by atoms with Crippen molar-refractivity contribution in [2.45, 2.75) is 17.5 Å². The summed E-state index contributed by atoms with van der Waals surface area (Å²) in [4.78, 5) is 22.7. The SMILES string of the molecule is COc1ccccc1C(=O)NCc1nnc(SCc2ccc([N+](=O)[O-])cc2)n1C. The Morgan fingerprint density at radius 1 is 1.21 bits per heavy atom. The van der Waals surface area contributed by atoms with E-state index in [2.05, 4.69) is 15.5 Å². The number of para-hydroxylation sites is 1. The fourth-order valence-electron chi connectivity index (χ4n) is 2.57. The van der Waals surface area contributed by atoms with Gasteiger partial charge in [-0.05, 0) is 17.7 Å². The number of amides is 1. The molecule has 0 bridgehead atoms. The molecule has 150 valence electrons. The molecule has 9 nitrogen and oxygen atoms in total. The number of ether oxygens (including phenoxy) is 1. The third-order valence-electron chi connectivity index (χ3n) is 4.20. The molecule has 0 fully saturated rings. The number of hydrogen-bond acceptors (Lipinski definition) is 7. The maximum absolute atomic E-state index is 12.4. The van der Waals surface area contributed by atoms with Crippen LogP contribution in [0.3, 0.4) is 0 Å². The van der Waals surface area contributed by atoms with Gasteiger partial charge in [0.2, 0.25) is 0 Å². The Morgan fingerprint density at radius 3 is 2.62 bits per heavy atom. The lowest BCUT2D eigenvalue weighted by Gasteiger charge is -2.09. The molecule has 0 saturated carbocycles. The van der Waals surface area contributed by atoms with Crippen molar-refractivity contribution in [1.82, 2.24) is 20.1 Å². The second-order valence-electron chi connectivity index (χ2n) is 6.05. The average Bonchev–Trinajstić information content (AvgIpc) is 3.10. The van der Waals surface area contributed by atoms with Crippen LogP contribution < -0.4 is 10.1 Å². The molecule has 0 aliphatic heterocycles. The lowest BCUT2D eigenvalue weighted by molar-refractivity contribution is -0.384. The molecule has 10 heteroatoms. The molecule has 0 radical (unpaired) electrons. The van der Waals surface area contributed by atoms with Crippen molar-refractivity contribution in [1.29, 1.82) is 0 Å². The molecule has 0 aliphatic carbocycles. The van der Waals surface area contributed by atoms with Crippen molar-refractivity contribution in [3.05, 3.63) is 75.6 Å². The van der Waals surface area contributed by atoms with Gasteiger partial charge >= 0.3 is 0 Å². The second kappa shape index (κ2) is 9.20. The summed E-state index contributed by atoms with van der Waals surface area (Å²) in [7, 11) is 3.34. The van der Waals surface area contributed by atoms with E-state index in [1.165, 1.54) is 31.0 Å². The fraction of sp³-hybridized carbons (Fsp3) is 0.211. The van der Waals surface area contributed by atoms with E-state index in [-0.39, 0.29) is 18.1 Å². The van der Waals surface area contributed by atoms with Crippen molar-refractivity contribution in [2.75, 3.05) is 7.11 Å². The Labute approximate surface area is 171 Å². The molecule has 0 aliphatic rings. The number of methoxy groups -OCH3 is 1. The molecular weight excluding hydrogens is 394 g/mol. The van der Waals surface area contributed by atoms with Crippen LogP contribution >= 0.6 is 11.8 Å². The molecule has 0 atom stereocenters. The average molecular weight is 413 g/mol. The van der Waals surface area contributed by atoms with E-state index in [4.69, 9.17) is 4.74 Å². The van der Waals surface area contributed by atoms with Crippen molar-refractivity contribution in [3.8, 4) is 5.75 Å². The van der Waals surface area contributed by atoms with E-state index in [1.807, 2.05) is 7.05 Å². The molecule has 0 saturated heterocycles. The highest BCUT2D eigenvalue weighted by Crippen LogP contribution is 2.23. The molecule has 0 spiro atoms. The number of non-ortho nitro benzene ring substituents is 1. The van der Waals surface area contributed by atoms with E-state index in [0.717, 1.165) is 5.56 Å². The fourth-order valence-corrected chi connectivity index (χ4v) is 3.46. The Bertz CT molecular complexity index is 1020. The van der Waals surface area contributed by atoms with Gasteiger partial charge in [-0.2, -0.15) is 0 Å². The third kappa shape index (κ3) is 4.91. The van der Waals surface area contributed by atoms with Gasteiger partial charge in [0.25, 0.3) is 11.6 Å². The van der Waals surface area contributed by atoms with E-state index in [1.54, 1.807) is 41.0 Å². The van der Waals surface area contributed by atoms with Gasteiger partial charge in [0.15, 0.2) is 11.0 Å². The minimum absolute atomic E-state index is 0.0606. The standard InChI is InChI=1S/C19H19N5O4S/c1-23-17(11-20-18(25)15-5-3-4-6-16(15)28-2)21-22-19(23)29-12-13-7-9-14(10-8-13)24(26)27/h3-10H,11-12H2,1-2H3,(H,20,25). The molecule has 1 aromatic heterocycles. The van der Waals surface area contributed by atoms with Crippen LogP contribution in [0.25, 0.3) is 0 Å². The van der Waals surface area contributed by atoms with Gasteiger partial charge in [-0.25, -0.2) is 0 Å². The van der Waals surface area contributed by atoms with E-state index in [9.17, 15) is 14.9 Å². The predicted octanol–water partition coefficient (Wildman–Crippen LogP) is 2.95. The lowest BCUT2D eigenvalue weighted by atomic mass is 10.2. The number of rotatable bonds is 8. The number of nitro benzene ring substituents is 1. The Kier molecular flexibility index (Phi) is 6.45. The number of nitrogens with one attached hydrogen (secondary N) is 1. The molecular formula is C19H19N5O4S. The number of thioether (sulfide) groups is 1. The monoisotopic (exact) mass is 413 g/mol. The van der Waals surface area contributed by atoms with Crippen LogP contribution in [-0.2, 0) is 19.3 Å². The van der Waals surface area contributed by atoms with Gasteiger partial charge in [-0.1, -0.05) is 36.0 Å². The van der Waals surface area contributed by atoms with Crippen LogP contribution in [-0.4, -0.2) is 32.7 Å². The smallest absolute Gasteiger partial charge is 0.269 e. The molecule has 0 unspecified atom stereocenters. The van der Waals surface area contributed by atoms with E-state index in [0.29, 0.717) is 28.0 Å². The third-order valence-corrected chi connectivity index (χ3v) is 5.29. The molecule has 1 heterocycles. The van der Waals surface area contributed by atoms with Crippen LogP contribution in [0, 0.1) is 10.1 Å². The second-order valence-corrected chi connectivity index (χ2v) is 7.00. The summed E-state index contributed by atoms with van der Waals surface area (Å²) < 4.78 is 7.01. The molecule has 3 rings (SSSR count). The summed E-state index contributed by atoms with van der Waals surface area (Å²) in [5.41, 5.74) is 1.45. The number of nitrogens with zero attached hydrogens (tertiary/aromatic N) is 4. The van der Waals surface area contributed by atoms with Crippen molar-refractivity contribution < 1.29 is 14.5 Å². The Balaban J connectivity index is 1.59. The minimum Gasteiger partial charge on any atom is -0.496 e. The molecule has 29 heavy (non-hydrogen) atoms. The first-order valence-electron chi connectivity index (χ1n) is 8.65. The first-order valence-corrected chi connectivity index (χ1v) is 9.63. The van der Waals surface area contributed by atoms with E-state index < -0.39 is 4.92 Å². The van der Waals surface area contributed by atoms with Crippen LogP contribution in [0.5, 0.6) is 5.75 Å². The zero-order chi connectivity index (χ0) is 20.8. The summed E-state index contributed by atoms with van der Waals surface area (Å²) in [6.45, 7) is 0.221. The predicted molar refractivity (Wildman–Crippen MR) is 108 cm³/mol. The Morgan fingerprint density at radius 2 is 1.93 bits per heavy atom. The quantitative estimate of drug-likeness (QED) is 0.343. The largest absolute Gasteiger partial charge is 0.496 e. The number of carbonyl (C=O) groups excluding carboxylic acids is 1. The van der Waals surface area contributed by atoms with Crippen LogP contribution in [0.4, 0.5) is 5.69 Å². The first kappa shape index (κ1) is 20.3. The first-order chi connectivity index (χ1) is 14.0. The Hall–Kier alpha value is -3.40. The van der Waals surface area contributed by atoms with Gasteiger partial charge < -0.3 is 14.6 Å². The number of hydrogen-bond donors (Lipinski definition) is 1. The number of aromatic nitrogens is 3. The summed E-state index contributed by atoms with van der Waals surface area (Å²) in [6, 6.07) is 13.4. The molecule has 2 aromatic carbocycles. The number of benzene rings is 2. The minimum atomic E-state index is -0.425. The highest BCUT2D eigenvalue weighted by molar-refractivity contribution is 7.98. The molecule has 3 aromatic rings. The van der Waals surface area contributed by atoms with Gasteiger partial charge in [0.05, 0.1) is 24.1 Å². The molecule has 1 N–H and O–H groups in total. The summed E-state index contributed by atoms with van der Waals surface area (Å²) >= 11 is 1.46. The van der Waals surface area contributed by atoms with Crippen molar-refractivity contribution in [2.24, 2.45) is 7.05 Å². The topological polar surface area (TPSA) is 112 Å². The number of carbonyl (C=O) groups is 1. The number of nitro groups is 1. The highest BCUT2D eigenvalue weighted by Gasteiger charge is 2.14. The van der Waals surface area contributed by atoms with E-state index >= 15 is 0 Å². The lowest BCUT2D eigenvalue weighted by Crippen LogP contribution is -2.25. The van der Waals surface area contributed by atoms with Gasteiger partial charge in [0, 0.05) is 24.9 Å². The van der Waals surface area contributed by atoms with Crippen molar-refractivity contribution >= 4 is 23.4 Å². The zero-order valence-corrected chi connectivity index (χ0v) is 16.7. The van der Waals surface area contributed by atoms with Crippen LogP contribution in [0.2, 0.25) is 0 Å². The summed E-state index contributed by atoms with van der Waals surface area (Å²) in [6.07, 6.45) is 0. The van der Waals surface area contributed by atoms with Crippen LogP contribution in [0.15, 0.2) is 53.7 Å². The molecule has 1 amide bonds. The summed E-state index contributed by atoms with van der Waals surface area (Å²) in [5, 5.41) is 22.5. The van der Waals surface area contributed by atoms with Crippen LogP contribution in [0.1, 0.15) is 21.7 Å². The maximum atomic E-state index is 12.4. The maximum Gasteiger partial charge on any atom is 0.269 e. The van der Waals surface area contributed by atoms with Crippen molar-refractivity contribution in [3.63, 3.8) is 0 Å². The van der Waals surface area contributed by atoms with Gasteiger partial charge in [0.1, 0.15) is 5.75 Å². The zero-order valence-electron chi connectivity index (χ0n) is 15.9. The normalized spacial score (nSPS) is 10.6. The van der Waals surface area contributed by atoms with Gasteiger partial charge in [-0.3, -0.25) is 14.9 Å². The summed E-state index contributed by atoms with van der Waals surface area (Å²) in [5.74, 6) is 1.45. The van der Waals surface area contributed by atoms with Gasteiger partial charge in [-0.15, -0.1) is 10.2 Å². The highest BCUT2D eigenvalue weighted by atomic mass is 32.2.